The van der Waals surface area contributed by atoms with Crippen molar-refractivity contribution in [3.05, 3.63) is 28.8 Å². The van der Waals surface area contributed by atoms with Gasteiger partial charge in [0.05, 0.1) is 0 Å². The second-order valence-electron chi connectivity index (χ2n) is 6.23. The van der Waals surface area contributed by atoms with Crippen LogP contribution < -0.4 is 15.5 Å². The fourth-order valence-electron chi connectivity index (χ4n) is 2.88. The number of likely N-dealkylation sites (N-methyl/N-ethyl adjacent to an activating group) is 1. The minimum Gasteiger partial charge on any atom is -0.385 e. The van der Waals surface area contributed by atoms with Crippen LogP contribution in [0, 0.1) is 0 Å². The highest BCUT2D eigenvalue weighted by Crippen LogP contribution is 2.28. The number of guanidine groups is 1. The van der Waals surface area contributed by atoms with Gasteiger partial charge in [0, 0.05) is 76.3 Å². The van der Waals surface area contributed by atoms with Crippen LogP contribution in [0.5, 0.6) is 0 Å². The quantitative estimate of drug-likeness (QED) is 0.263. The average Bonchev–Trinajstić information content (AvgIpc) is 2.62. The van der Waals surface area contributed by atoms with Crippen LogP contribution in [0.15, 0.2) is 23.2 Å². The maximum Gasteiger partial charge on any atom is 0.191 e. The van der Waals surface area contributed by atoms with Crippen molar-refractivity contribution < 1.29 is 4.74 Å². The van der Waals surface area contributed by atoms with Gasteiger partial charge in [0.2, 0.25) is 0 Å². The summed E-state index contributed by atoms with van der Waals surface area (Å²) in [5, 5.41) is 7.45. The fraction of sp³-hybridized carbons (Fsp3) is 0.611. The van der Waals surface area contributed by atoms with Crippen molar-refractivity contribution in [2.75, 3.05) is 65.4 Å². The monoisotopic (exact) mass is 495 g/mol. The zero-order valence-corrected chi connectivity index (χ0v) is 19.0. The Morgan fingerprint density at radius 1 is 1.23 bits per heavy atom. The number of anilines is 1. The first-order valence-corrected chi connectivity index (χ1v) is 9.18. The summed E-state index contributed by atoms with van der Waals surface area (Å²) in [7, 11) is 5.65. The van der Waals surface area contributed by atoms with Gasteiger partial charge in [-0.25, -0.2) is 0 Å². The van der Waals surface area contributed by atoms with Gasteiger partial charge in [-0.05, 0) is 25.6 Å². The van der Waals surface area contributed by atoms with E-state index in [1.165, 1.54) is 5.69 Å². The molecule has 1 heterocycles. The standard InChI is InChI=1S/C18H30ClN5O.HI/c1-20-18(21-8-5-13-25-3)22-14-15-16(19)6-4-7-17(15)24-11-9-23(2)10-12-24;/h4,6-7H,5,8-14H2,1-3H3,(H2,20,21,22);1H. The molecule has 0 aromatic heterocycles. The highest BCUT2D eigenvalue weighted by molar-refractivity contribution is 14.0. The second kappa shape index (κ2) is 12.6. The molecule has 0 saturated carbocycles. The van der Waals surface area contributed by atoms with Crippen molar-refractivity contribution in [1.29, 1.82) is 0 Å². The predicted octanol–water partition coefficient (Wildman–Crippen LogP) is 2.41. The highest BCUT2D eigenvalue weighted by Gasteiger charge is 2.18. The predicted molar refractivity (Wildman–Crippen MR) is 121 cm³/mol. The molecule has 0 atom stereocenters. The van der Waals surface area contributed by atoms with E-state index in [9.17, 15) is 0 Å². The van der Waals surface area contributed by atoms with Crippen molar-refractivity contribution in [2.24, 2.45) is 4.99 Å². The number of hydrogen-bond acceptors (Lipinski definition) is 4. The highest BCUT2D eigenvalue weighted by atomic mass is 127. The molecule has 1 aromatic carbocycles. The van der Waals surface area contributed by atoms with E-state index >= 15 is 0 Å². The Balaban J connectivity index is 0.00000338. The maximum atomic E-state index is 6.50. The van der Waals surface area contributed by atoms with Gasteiger partial charge in [-0.15, -0.1) is 24.0 Å². The Hall–Kier alpha value is -0.770. The van der Waals surface area contributed by atoms with E-state index in [4.69, 9.17) is 16.3 Å². The van der Waals surface area contributed by atoms with E-state index in [1.54, 1.807) is 14.2 Å². The SMILES string of the molecule is CN=C(NCCCOC)NCc1c(Cl)cccc1N1CCN(C)CC1.I. The summed E-state index contributed by atoms with van der Waals surface area (Å²) in [6.45, 7) is 6.39. The molecule has 1 aliphatic heterocycles. The molecule has 26 heavy (non-hydrogen) atoms. The molecule has 6 nitrogen and oxygen atoms in total. The molecule has 0 amide bonds. The molecule has 0 radical (unpaired) electrons. The molecular formula is C18H31ClIN5O. The minimum absolute atomic E-state index is 0. The molecule has 2 rings (SSSR count). The summed E-state index contributed by atoms with van der Waals surface area (Å²) in [5.41, 5.74) is 2.33. The normalized spacial score (nSPS) is 15.5. The lowest BCUT2D eigenvalue weighted by atomic mass is 10.1. The zero-order valence-electron chi connectivity index (χ0n) is 15.9. The molecular weight excluding hydrogens is 465 g/mol. The lowest BCUT2D eigenvalue weighted by Gasteiger charge is -2.35. The van der Waals surface area contributed by atoms with E-state index in [0.29, 0.717) is 6.54 Å². The number of benzene rings is 1. The smallest absolute Gasteiger partial charge is 0.191 e. The van der Waals surface area contributed by atoms with Gasteiger partial charge in [-0.1, -0.05) is 17.7 Å². The first-order chi connectivity index (χ1) is 12.2. The van der Waals surface area contributed by atoms with Gasteiger partial charge >= 0.3 is 0 Å². The first-order valence-electron chi connectivity index (χ1n) is 8.80. The molecule has 1 saturated heterocycles. The number of piperazine rings is 1. The second-order valence-corrected chi connectivity index (χ2v) is 6.63. The maximum absolute atomic E-state index is 6.50. The van der Waals surface area contributed by atoms with Gasteiger partial charge < -0.3 is 25.2 Å². The third kappa shape index (κ3) is 7.09. The first kappa shape index (κ1) is 23.3. The van der Waals surface area contributed by atoms with Crippen LogP contribution in [0.1, 0.15) is 12.0 Å². The Bertz CT molecular complexity index is 565. The van der Waals surface area contributed by atoms with E-state index in [0.717, 1.165) is 62.3 Å². The number of halogens is 2. The van der Waals surface area contributed by atoms with Gasteiger partial charge in [0.1, 0.15) is 0 Å². The van der Waals surface area contributed by atoms with E-state index in [-0.39, 0.29) is 24.0 Å². The van der Waals surface area contributed by atoms with E-state index in [1.807, 2.05) is 12.1 Å². The summed E-state index contributed by atoms with van der Waals surface area (Å²) in [4.78, 5) is 9.04. The topological polar surface area (TPSA) is 52.1 Å². The lowest BCUT2D eigenvalue weighted by Crippen LogP contribution is -2.45. The molecule has 0 bridgehead atoms. The molecule has 8 heteroatoms. The number of nitrogens with one attached hydrogen (secondary N) is 2. The number of nitrogens with zero attached hydrogens (tertiary/aromatic N) is 3. The van der Waals surface area contributed by atoms with Crippen LogP contribution in [-0.2, 0) is 11.3 Å². The summed E-state index contributed by atoms with van der Waals surface area (Å²) >= 11 is 6.50. The third-order valence-corrected chi connectivity index (χ3v) is 4.77. The Kier molecular flexibility index (Phi) is 11.3. The summed E-state index contributed by atoms with van der Waals surface area (Å²) < 4.78 is 5.07. The van der Waals surface area contributed by atoms with Crippen LogP contribution in [-0.4, -0.2) is 71.4 Å². The molecule has 2 N–H and O–H groups in total. The Morgan fingerprint density at radius 3 is 2.62 bits per heavy atom. The Morgan fingerprint density at radius 2 is 1.96 bits per heavy atom. The minimum atomic E-state index is 0. The third-order valence-electron chi connectivity index (χ3n) is 4.41. The fourth-order valence-corrected chi connectivity index (χ4v) is 3.12. The van der Waals surface area contributed by atoms with Crippen molar-refractivity contribution in [3.8, 4) is 0 Å². The van der Waals surface area contributed by atoms with E-state index in [2.05, 4.69) is 38.5 Å². The van der Waals surface area contributed by atoms with Crippen molar-refractivity contribution >= 4 is 47.2 Å². The van der Waals surface area contributed by atoms with Crippen molar-refractivity contribution in [3.63, 3.8) is 0 Å². The number of ether oxygens (including phenoxy) is 1. The molecule has 1 fully saturated rings. The molecule has 0 aliphatic carbocycles. The van der Waals surface area contributed by atoms with Gasteiger partial charge in [-0.3, -0.25) is 4.99 Å². The zero-order chi connectivity index (χ0) is 18.1. The van der Waals surface area contributed by atoms with Crippen LogP contribution >= 0.6 is 35.6 Å². The van der Waals surface area contributed by atoms with Crippen molar-refractivity contribution in [1.82, 2.24) is 15.5 Å². The molecule has 1 aliphatic rings. The largest absolute Gasteiger partial charge is 0.385 e. The van der Waals surface area contributed by atoms with Crippen LogP contribution in [0.3, 0.4) is 0 Å². The van der Waals surface area contributed by atoms with Gasteiger partial charge in [0.15, 0.2) is 5.96 Å². The Labute approximate surface area is 179 Å². The molecule has 1 aromatic rings. The molecule has 0 unspecified atom stereocenters. The van der Waals surface area contributed by atoms with Crippen LogP contribution in [0.2, 0.25) is 5.02 Å². The number of rotatable bonds is 7. The van der Waals surface area contributed by atoms with Crippen molar-refractivity contribution in [2.45, 2.75) is 13.0 Å². The molecule has 0 spiro atoms. The number of aliphatic imine (C=N–C) groups is 1. The van der Waals surface area contributed by atoms with E-state index < -0.39 is 0 Å². The van der Waals surface area contributed by atoms with Gasteiger partial charge in [0.25, 0.3) is 0 Å². The van der Waals surface area contributed by atoms with Gasteiger partial charge in [-0.2, -0.15) is 0 Å². The molecule has 148 valence electrons. The van der Waals surface area contributed by atoms with Crippen LogP contribution in [0.25, 0.3) is 0 Å². The summed E-state index contributed by atoms with van der Waals surface area (Å²) in [5.74, 6) is 0.778. The summed E-state index contributed by atoms with van der Waals surface area (Å²) in [6, 6.07) is 6.13. The average molecular weight is 496 g/mol. The number of hydrogen-bond donors (Lipinski definition) is 2. The number of methoxy groups -OCH3 is 1. The van der Waals surface area contributed by atoms with Crippen LogP contribution in [0.4, 0.5) is 5.69 Å². The summed E-state index contributed by atoms with van der Waals surface area (Å²) in [6.07, 6.45) is 0.940. The lowest BCUT2D eigenvalue weighted by molar-refractivity contribution is 0.195.